The first kappa shape index (κ1) is 21.1. The van der Waals surface area contributed by atoms with Crippen LogP contribution < -0.4 is 4.74 Å². The molecule has 1 aliphatic heterocycles. The maximum Gasteiger partial charge on any atom is 0.173 e. The van der Waals surface area contributed by atoms with Gasteiger partial charge in [0.1, 0.15) is 16.6 Å². The van der Waals surface area contributed by atoms with E-state index < -0.39 is 0 Å². The number of benzene rings is 2. The summed E-state index contributed by atoms with van der Waals surface area (Å²) in [7, 11) is 1.55. The van der Waals surface area contributed by atoms with Crippen LogP contribution in [0.15, 0.2) is 47.5 Å². The molecule has 1 aromatic heterocycles. The van der Waals surface area contributed by atoms with Crippen LogP contribution in [-0.2, 0) is 11.3 Å². The maximum atomic E-state index is 12.7. The van der Waals surface area contributed by atoms with Crippen molar-refractivity contribution in [2.75, 3.05) is 39.2 Å². The van der Waals surface area contributed by atoms with E-state index >= 15 is 0 Å². The zero-order valence-corrected chi connectivity index (χ0v) is 18.2. The molecule has 0 atom stereocenters. The number of methoxy groups -OCH3 is 1. The number of morpholine rings is 1. The molecule has 1 fully saturated rings. The van der Waals surface area contributed by atoms with Gasteiger partial charge in [-0.25, -0.2) is 9.97 Å². The molecule has 2 aromatic carbocycles. The van der Waals surface area contributed by atoms with Gasteiger partial charge in [0.2, 0.25) is 0 Å². The second kappa shape index (κ2) is 9.75. The number of nitrogens with zero attached hydrogens (tertiary/aromatic N) is 3. The fourth-order valence-corrected chi connectivity index (χ4v) is 4.48. The second-order valence-corrected chi connectivity index (χ2v) is 8.28. The van der Waals surface area contributed by atoms with Gasteiger partial charge in [-0.3, -0.25) is 9.69 Å². The molecule has 30 heavy (non-hydrogen) atoms. The number of rotatable bonds is 7. The molecule has 1 aliphatic rings. The van der Waals surface area contributed by atoms with Gasteiger partial charge in [-0.1, -0.05) is 41.6 Å². The summed E-state index contributed by atoms with van der Waals surface area (Å²) in [5.74, 6) is 1.57. The predicted octanol–water partition coefficient (Wildman–Crippen LogP) is 4.10. The SMILES string of the molecule is COc1ccc(C(=O)CSc2nc(CN3CCOCC3)nc3ccccc23)cc1Cl. The molecule has 0 saturated carbocycles. The number of carbonyl (C=O) groups is 1. The Bertz CT molecular complexity index is 1060. The number of thioether (sulfide) groups is 1. The van der Waals surface area contributed by atoms with Crippen LogP contribution in [0, 0.1) is 0 Å². The van der Waals surface area contributed by atoms with E-state index in [4.69, 9.17) is 31.0 Å². The first-order valence-corrected chi connectivity index (χ1v) is 11.1. The van der Waals surface area contributed by atoms with Crippen molar-refractivity contribution in [2.45, 2.75) is 11.6 Å². The van der Waals surface area contributed by atoms with Gasteiger partial charge in [0, 0.05) is 24.0 Å². The Kier molecular flexibility index (Phi) is 6.84. The Balaban J connectivity index is 1.53. The average Bonchev–Trinajstić information content (AvgIpc) is 2.78. The largest absolute Gasteiger partial charge is 0.495 e. The highest BCUT2D eigenvalue weighted by atomic mass is 35.5. The van der Waals surface area contributed by atoms with Crippen molar-refractivity contribution < 1.29 is 14.3 Å². The third-order valence-electron chi connectivity index (χ3n) is 4.90. The smallest absolute Gasteiger partial charge is 0.173 e. The summed E-state index contributed by atoms with van der Waals surface area (Å²) in [5, 5.41) is 2.19. The van der Waals surface area contributed by atoms with Crippen molar-refractivity contribution in [3.05, 3.63) is 58.9 Å². The van der Waals surface area contributed by atoms with Crippen molar-refractivity contribution >= 4 is 40.0 Å². The normalized spacial score (nSPS) is 14.7. The van der Waals surface area contributed by atoms with E-state index in [9.17, 15) is 4.79 Å². The Morgan fingerprint density at radius 3 is 2.77 bits per heavy atom. The Hall–Kier alpha value is -2.19. The lowest BCUT2D eigenvalue weighted by molar-refractivity contribution is 0.0330. The third-order valence-corrected chi connectivity index (χ3v) is 6.18. The standard InChI is InChI=1S/C22H22ClN3O3S/c1-28-20-7-6-15(12-17(20)23)19(27)14-30-22-16-4-2-3-5-18(16)24-21(25-22)13-26-8-10-29-11-9-26/h2-7,12H,8-11,13-14H2,1H3. The van der Waals surface area contributed by atoms with Crippen LogP contribution in [-0.4, -0.2) is 59.8 Å². The Labute approximate surface area is 184 Å². The quantitative estimate of drug-likeness (QED) is 0.309. The summed E-state index contributed by atoms with van der Waals surface area (Å²) in [6.45, 7) is 3.87. The zero-order chi connectivity index (χ0) is 20.9. The van der Waals surface area contributed by atoms with Crippen molar-refractivity contribution in [3.63, 3.8) is 0 Å². The highest BCUT2D eigenvalue weighted by molar-refractivity contribution is 8.00. The highest BCUT2D eigenvalue weighted by Gasteiger charge is 2.16. The summed E-state index contributed by atoms with van der Waals surface area (Å²) in [6.07, 6.45) is 0. The number of hydrogen-bond acceptors (Lipinski definition) is 7. The predicted molar refractivity (Wildman–Crippen MR) is 119 cm³/mol. The van der Waals surface area contributed by atoms with E-state index in [1.165, 1.54) is 11.8 Å². The maximum absolute atomic E-state index is 12.7. The molecule has 2 heterocycles. The van der Waals surface area contributed by atoms with E-state index in [1.807, 2.05) is 24.3 Å². The molecule has 156 valence electrons. The van der Waals surface area contributed by atoms with Gasteiger partial charge in [0.05, 0.1) is 43.2 Å². The van der Waals surface area contributed by atoms with Crippen LogP contribution in [0.5, 0.6) is 5.75 Å². The summed E-state index contributed by atoms with van der Waals surface area (Å²) >= 11 is 7.59. The average molecular weight is 444 g/mol. The van der Waals surface area contributed by atoms with E-state index in [2.05, 4.69) is 4.90 Å². The van der Waals surface area contributed by atoms with Gasteiger partial charge in [-0.05, 0) is 24.3 Å². The topological polar surface area (TPSA) is 64.5 Å². The minimum Gasteiger partial charge on any atom is -0.495 e. The van der Waals surface area contributed by atoms with Gasteiger partial charge in [-0.2, -0.15) is 0 Å². The number of hydrogen-bond donors (Lipinski definition) is 0. The van der Waals surface area contributed by atoms with Crippen LogP contribution in [0.3, 0.4) is 0 Å². The fraction of sp³-hybridized carbons (Fsp3) is 0.318. The number of ether oxygens (including phenoxy) is 2. The summed E-state index contributed by atoms with van der Waals surface area (Å²) in [5.41, 5.74) is 1.44. The lowest BCUT2D eigenvalue weighted by atomic mass is 10.1. The molecule has 0 spiro atoms. The molecule has 6 nitrogen and oxygen atoms in total. The molecule has 4 rings (SSSR count). The molecule has 0 aliphatic carbocycles. The van der Waals surface area contributed by atoms with Gasteiger partial charge in [0.15, 0.2) is 5.78 Å². The molecule has 0 radical (unpaired) electrons. The first-order chi connectivity index (χ1) is 14.6. The number of carbonyl (C=O) groups excluding carboxylic acids is 1. The molecular weight excluding hydrogens is 422 g/mol. The Morgan fingerprint density at radius 2 is 2.00 bits per heavy atom. The zero-order valence-electron chi connectivity index (χ0n) is 16.6. The lowest BCUT2D eigenvalue weighted by Gasteiger charge is -2.25. The van der Waals surface area contributed by atoms with Crippen LogP contribution in [0.2, 0.25) is 5.02 Å². The van der Waals surface area contributed by atoms with Gasteiger partial charge in [-0.15, -0.1) is 0 Å². The number of para-hydroxylation sites is 1. The monoisotopic (exact) mass is 443 g/mol. The van der Waals surface area contributed by atoms with E-state index in [0.29, 0.717) is 22.9 Å². The third kappa shape index (κ3) is 4.92. The van der Waals surface area contributed by atoms with Crippen molar-refractivity contribution in [2.24, 2.45) is 0 Å². The molecule has 8 heteroatoms. The van der Waals surface area contributed by atoms with E-state index in [-0.39, 0.29) is 11.5 Å². The van der Waals surface area contributed by atoms with Crippen LogP contribution in [0.4, 0.5) is 0 Å². The van der Waals surface area contributed by atoms with Gasteiger partial charge >= 0.3 is 0 Å². The molecule has 0 unspecified atom stereocenters. The second-order valence-electron chi connectivity index (χ2n) is 6.91. The molecule has 0 amide bonds. The van der Waals surface area contributed by atoms with E-state index in [1.54, 1.807) is 25.3 Å². The molecule has 0 bridgehead atoms. The van der Waals surface area contributed by atoms with Crippen LogP contribution in [0.1, 0.15) is 16.2 Å². The Morgan fingerprint density at radius 1 is 1.20 bits per heavy atom. The van der Waals surface area contributed by atoms with Crippen LogP contribution >= 0.6 is 23.4 Å². The van der Waals surface area contributed by atoms with Crippen molar-refractivity contribution in [1.82, 2.24) is 14.9 Å². The van der Waals surface area contributed by atoms with Gasteiger partial charge < -0.3 is 9.47 Å². The molecule has 1 saturated heterocycles. The number of fused-ring (bicyclic) bond motifs is 1. The van der Waals surface area contributed by atoms with Crippen LogP contribution in [0.25, 0.3) is 10.9 Å². The fourth-order valence-electron chi connectivity index (χ4n) is 3.29. The summed E-state index contributed by atoms with van der Waals surface area (Å²) < 4.78 is 10.6. The summed E-state index contributed by atoms with van der Waals surface area (Å²) in [6, 6.07) is 13.0. The lowest BCUT2D eigenvalue weighted by Crippen LogP contribution is -2.36. The summed E-state index contributed by atoms with van der Waals surface area (Å²) in [4.78, 5) is 24.5. The molecular formula is C22H22ClN3O3S. The van der Waals surface area contributed by atoms with Crippen molar-refractivity contribution in [3.8, 4) is 5.75 Å². The number of aromatic nitrogens is 2. The molecule has 0 N–H and O–H groups in total. The number of ketones is 1. The van der Waals surface area contributed by atoms with E-state index in [0.717, 1.165) is 48.1 Å². The number of halogens is 1. The first-order valence-electron chi connectivity index (χ1n) is 9.69. The minimum absolute atomic E-state index is 0.0121. The van der Waals surface area contributed by atoms with Gasteiger partial charge in [0.25, 0.3) is 0 Å². The molecule has 3 aromatic rings. The number of Topliss-reactive ketones (excluding diaryl/α,β-unsaturated/α-hetero) is 1. The highest BCUT2D eigenvalue weighted by Crippen LogP contribution is 2.28. The van der Waals surface area contributed by atoms with Crippen molar-refractivity contribution in [1.29, 1.82) is 0 Å². The minimum atomic E-state index is -0.0121.